The molecule has 0 bridgehead atoms. The second kappa shape index (κ2) is 6.40. The summed E-state index contributed by atoms with van der Waals surface area (Å²) >= 11 is 18.0. The van der Waals surface area contributed by atoms with Crippen LogP contribution < -0.4 is 5.73 Å². The summed E-state index contributed by atoms with van der Waals surface area (Å²) in [4.78, 5) is 6.99. The molecule has 1 unspecified atom stereocenters. The molecule has 3 rings (SSSR count). The number of hydrogen-bond donors (Lipinski definition) is 1. The lowest BCUT2D eigenvalue weighted by molar-refractivity contribution is -0.140. The fourth-order valence-electron chi connectivity index (χ4n) is 2.32. The number of nitrogens with zero attached hydrogens (tertiary/aromatic N) is 4. The van der Waals surface area contributed by atoms with Gasteiger partial charge in [0.1, 0.15) is 11.5 Å². The lowest BCUT2D eigenvalue weighted by Gasteiger charge is -2.10. The first-order valence-corrected chi connectivity index (χ1v) is 8.06. The maximum atomic E-state index is 13.5. The standard InChI is InChI=1S/C14H8Cl3F4N5/c1-4(18)12-23-10(14(19,20)21)8-11(22)26(25-13(8)24-12)9-6(16)2-5(15)3-7(9)17/h2-4H,22H2,1H3. The smallest absolute Gasteiger partial charge is 0.383 e. The molecule has 0 fully saturated rings. The van der Waals surface area contributed by atoms with Crippen LogP contribution in [0.25, 0.3) is 16.7 Å². The third kappa shape index (κ3) is 3.15. The van der Waals surface area contributed by atoms with Gasteiger partial charge in [0.2, 0.25) is 0 Å². The number of nitrogen functional groups attached to an aromatic ring is 1. The molecule has 1 aromatic carbocycles. The van der Waals surface area contributed by atoms with Crippen LogP contribution >= 0.6 is 34.8 Å². The second-order valence-electron chi connectivity index (χ2n) is 5.26. The van der Waals surface area contributed by atoms with Gasteiger partial charge in [-0.1, -0.05) is 34.8 Å². The van der Waals surface area contributed by atoms with E-state index in [1.165, 1.54) is 12.1 Å². The van der Waals surface area contributed by atoms with Crippen molar-refractivity contribution in [3.63, 3.8) is 0 Å². The number of rotatable bonds is 2. The topological polar surface area (TPSA) is 69.6 Å². The highest BCUT2D eigenvalue weighted by atomic mass is 35.5. The summed E-state index contributed by atoms with van der Waals surface area (Å²) in [6.07, 6.45) is -6.74. The Morgan fingerprint density at radius 2 is 1.69 bits per heavy atom. The van der Waals surface area contributed by atoms with E-state index in [4.69, 9.17) is 40.5 Å². The number of alkyl halides is 4. The van der Waals surface area contributed by atoms with Gasteiger partial charge in [0.25, 0.3) is 0 Å². The van der Waals surface area contributed by atoms with Crippen molar-refractivity contribution in [2.24, 2.45) is 0 Å². The van der Waals surface area contributed by atoms with Crippen LogP contribution in [0.15, 0.2) is 12.1 Å². The van der Waals surface area contributed by atoms with Crippen molar-refractivity contribution in [2.75, 3.05) is 5.73 Å². The first kappa shape index (κ1) is 18.9. The van der Waals surface area contributed by atoms with E-state index in [9.17, 15) is 17.6 Å². The van der Waals surface area contributed by atoms with E-state index in [1.54, 1.807) is 0 Å². The minimum Gasteiger partial charge on any atom is -0.383 e. The van der Waals surface area contributed by atoms with Crippen molar-refractivity contribution >= 4 is 51.7 Å². The lowest BCUT2D eigenvalue weighted by atomic mass is 10.2. The average Bonchev–Trinajstić information content (AvgIpc) is 2.81. The number of nitrogens with two attached hydrogens (primary N) is 1. The van der Waals surface area contributed by atoms with E-state index in [-0.39, 0.29) is 20.8 Å². The summed E-state index contributed by atoms with van der Waals surface area (Å²) in [6, 6.07) is 2.64. The van der Waals surface area contributed by atoms with Gasteiger partial charge in [-0.05, 0) is 19.1 Å². The number of fused-ring (bicyclic) bond motifs is 1. The first-order valence-electron chi connectivity index (χ1n) is 6.93. The highest BCUT2D eigenvalue weighted by Gasteiger charge is 2.38. The van der Waals surface area contributed by atoms with Crippen LogP contribution in [-0.2, 0) is 6.18 Å². The van der Waals surface area contributed by atoms with Crippen molar-refractivity contribution in [1.82, 2.24) is 19.7 Å². The molecule has 0 saturated carbocycles. The summed E-state index contributed by atoms with van der Waals surface area (Å²) < 4.78 is 54.6. The molecule has 2 heterocycles. The Balaban J connectivity index is 2.40. The van der Waals surface area contributed by atoms with Crippen LogP contribution in [0.5, 0.6) is 0 Å². The molecule has 138 valence electrons. The fraction of sp³-hybridized carbons (Fsp3) is 0.214. The zero-order valence-electron chi connectivity index (χ0n) is 12.7. The van der Waals surface area contributed by atoms with E-state index >= 15 is 0 Å². The van der Waals surface area contributed by atoms with Gasteiger partial charge in [-0.3, -0.25) is 0 Å². The van der Waals surface area contributed by atoms with E-state index in [0.29, 0.717) is 0 Å². The van der Waals surface area contributed by atoms with Gasteiger partial charge in [-0.2, -0.15) is 13.2 Å². The molecule has 1 atom stereocenters. The van der Waals surface area contributed by atoms with Crippen LogP contribution in [0.2, 0.25) is 15.1 Å². The number of halogens is 7. The minimum atomic E-state index is -4.90. The third-order valence-electron chi connectivity index (χ3n) is 3.40. The van der Waals surface area contributed by atoms with Crippen LogP contribution in [0.3, 0.4) is 0 Å². The number of hydrogen-bond acceptors (Lipinski definition) is 4. The van der Waals surface area contributed by atoms with Crippen LogP contribution in [0.4, 0.5) is 23.4 Å². The van der Waals surface area contributed by atoms with Gasteiger partial charge >= 0.3 is 6.18 Å². The molecule has 12 heteroatoms. The molecule has 26 heavy (non-hydrogen) atoms. The van der Waals surface area contributed by atoms with Gasteiger partial charge in [0.05, 0.1) is 15.4 Å². The molecule has 0 radical (unpaired) electrons. The number of aromatic nitrogens is 4. The maximum absolute atomic E-state index is 13.5. The fourth-order valence-corrected chi connectivity index (χ4v) is 3.30. The van der Waals surface area contributed by atoms with E-state index in [0.717, 1.165) is 11.6 Å². The Hall–Kier alpha value is -1.84. The Labute approximate surface area is 158 Å². The molecule has 5 nitrogen and oxygen atoms in total. The molecule has 0 spiro atoms. The van der Waals surface area contributed by atoms with Crippen LogP contribution in [0, 0.1) is 0 Å². The molecule has 2 aromatic heterocycles. The van der Waals surface area contributed by atoms with Gasteiger partial charge in [0, 0.05) is 5.02 Å². The van der Waals surface area contributed by atoms with E-state index in [1.807, 2.05) is 0 Å². The summed E-state index contributed by atoms with van der Waals surface area (Å²) in [5.74, 6) is -1.11. The molecule has 0 saturated heterocycles. The highest BCUT2D eigenvalue weighted by Crippen LogP contribution is 2.39. The minimum absolute atomic E-state index is 0.00241. The largest absolute Gasteiger partial charge is 0.434 e. The molecule has 0 amide bonds. The maximum Gasteiger partial charge on any atom is 0.434 e. The molecule has 2 N–H and O–H groups in total. The first-order chi connectivity index (χ1) is 12.0. The van der Waals surface area contributed by atoms with Gasteiger partial charge in [0.15, 0.2) is 23.3 Å². The Bertz CT molecular complexity index is 993. The normalized spacial score (nSPS) is 13.4. The summed E-state index contributed by atoms with van der Waals surface area (Å²) in [5, 5.41) is 3.55. The number of benzene rings is 1. The summed E-state index contributed by atoms with van der Waals surface area (Å²) in [6.45, 7) is 1.01. The Morgan fingerprint density at radius 1 is 1.12 bits per heavy atom. The highest BCUT2D eigenvalue weighted by molar-refractivity contribution is 6.40. The average molecular weight is 429 g/mol. The molecule has 0 aliphatic heterocycles. The summed E-state index contributed by atoms with van der Waals surface area (Å²) in [7, 11) is 0. The zero-order chi connectivity index (χ0) is 19.4. The summed E-state index contributed by atoms with van der Waals surface area (Å²) in [5.41, 5.74) is 4.02. The Morgan fingerprint density at radius 3 is 2.19 bits per heavy atom. The van der Waals surface area contributed by atoms with Crippen LogP contribution in [-0.4, -0.2) is 19.7 Å². The third-order valence-corrected chi connectivity index (χ3v) is 4.20. The number of anilines is 1. The second-order valence-corrected chi connectivity index (χ2v) is 6.51. The SMILES string of the molecule is CC(F)c1nc(C(F)(F)F)c2c(N)n(-c3c(Cl)cc(Cl)cc3Cl)nc2n1. The van der Waals surface area contributed by atoms with E-state index < -0.39 is 40.7 Å². The Kier molecular flexibility index (Phi) is 4.66. The van der Waals surface area contributed by atoms with E-state index in [2.05, 4.69) is 15.1 Å². The quantitative estimate of drug-likeness (QED) is 0.554. The van der Waals surface area contributed by atoms with Crippen molar-refractivity contribution in [1.29, 1.82) is 0 Å². The monoisotopic (exact) mass is 427 g/mol. The van der Waals surface area contributed by atoms with Gasteiger partial charge in [-0.15, -0.1) is 5.10 Å². The zero-order valence-corrected chi connectivity index (χ0v) is 15.0. The van der Waals surface area contributed by atoms with Crippen molar-refractivity contribution in [3.05, 3.63) is 38.7 Å². The molecular formula is C14H8Cl3F4N5. The molecular weight excluding hydrogens is 421 g/mol. The van der Waals surface area contributed by atoms with Crippen molar-refractivity contribution < 1.29 is 17.6 Å². The van der Waals surface area contributed by atoms with Gasteiger partial charge < -0.3 is 5.73 Å². The molecule has 3 aromatic rings. The van der Waals surface area contributed by atoms with Gasteiger partial charge in [-0.25, -0.2) is 19.0 Å². The molecule has 0 aliphatic rings. The lowest BCUT2D eigenvalue weighted by Crippen LogP contribution is -2.13. The van der Waals surface area contributed by atoms with Crippen molar-refractivity contribution in [2.45, 2.75) is 19.3 Å². The predicted molar refractivity (Wildman–Crippen MR) is 90.6 cm³/mol. The predicted octanol–water partition coefficient (Wildman–Crippen LogP) is 5.41. The molecule has 0 aliphatic carbocycles. The van der Waals surface area contributed by atoms with Crippen LogP contribution in [0.1, 0.15) is 24.6 Å². The van der Waals surface area contributed by atoms with Crippen molar-refractivity contribution in [3.8, 4) is 5.69 Å².